The second-order valence-electron chi connectivity index (χ2n) is 15.1. The van der Waals surface area contributed by atoms with Gasteiger partial charge in [-0.3, -0.25) is 0 Å². The smallest absolute Gasteiger partial charge is 0.164 e. The van der Waals surface area contributed by atoms with Crippen LogP contribution in [0.15, 0.2) is 200 Å². The highest BCUT2D eigenvalue weighted by molar-refractivity contribution is 6.30. The van der Waals surface area contributed by atoms with E-state index >= 15 is 0 Å². The Hall–Kier alpha value is -8.02. The molecule has 0 N–H and O–H groups in total. The highest BCUT2D eigenvalue weighted by atomic mass is 15.0. The molecule has 0 aliphatic carbocycles. The molecule has 0 aliphatic rings. The Bertz CT molecular complexity index is 3550. The van der Waals surface area contributed by atoms with Crippen LogP contribution in [0.4, 0.5) is 0 Å². The summed E-state index contributed by atoms with van der Waals surface area (Å²) in [4.78, 5) is 20.6. The van der Waals surface area contributed by atoms with E-state index in [1.54, 1.807) is 0 Å². The zero-order valence-corrected chi connectivity index (χ0v) is 31.8. The SMILES string of the molecule is c1ccc(-c2nc(-c3ccccc3)nc(-c3ccc4c(c3)c3c5c(ccc3n4-c3ccc4ccccc4c3)c(-c3ccc4ccccc4c3)nc3ccccc35)n2)cc1. The van der Waals surface area contributed by atoms with E-state index in [0.29, 0.717) is 17.5 Å². The molecule has 59 heavy (non-hydrogen) atoms. The van der Waals surface area contributed by atoms with Gasteiger partial charge in [-0.1, -0.05) is 152 Å². The number of hydrogen-bond donors (Lipinski definition) is 0. The predicted octanol–water partition coefficient (Wildman–Crippen LogP) is 13.6. The van der Waals surface area contributed by atoms with Gasteiger partial charge in [0.05, 0.1) is 22.2 Å². The largest absolute Gasteiger partial charge is 0.309 e. The minimum atomic E-state index is 0.620. The van der Waals surface area contributed by atoms with E-state index in [1.165, 1.54) is 26.9 Å². The van der Waals surface area contributed by atoms with Crippen LogP contribution in [0.5, 0.6) is 0 Å². The summed E-state index contributed by atoms with van der Waals surface area (Å²) in [6.07, 6.45) is 0. The Morgan fingerprint density at radius 2 is 0.864 bits per heavy atom. The standard InChI is InChI=1S/C54H33N5/c1-3-15-36(16-4-1)52-56-53(37-17-5-2-6-18-37)58-54(57-52)41-26-29-47-45(33-41)50-48(59(47)42-27-25-35-14-8-10-20-39(35)32-42)30-28-44-49(50)43-21-11-12-22-46(43)55-51(44)40-24-23-34-13-7-9-19-38(34)31-40/h1-33H. The number of para-hydroxylation sites is 1. The van der Waals surface area contributed by atoms with E-state index in [-0.39, 0.29) is 0 Å². The second kappa shape index (κ2) is 13.3. The first-order valence-electron chi connectivity index (χ1n) is 19.9. The van der Waals surface area contributed by atoms with E-state index in [4.69, 9.17) is 19.9 Å². The lowest BCUT2D eigenvalue weighted by molar-refractivity contribution is 1.07. The number of fused-ring (bicyclic) bond motifs is 9. The lowest BCUT2D eigenvalue weighted by atomic mass is 9.95. The van der Waals surface area contributed by atoms with Gasteiger partial charge < -0.3 is 4.57 Å². The molecule has 12 aromatic rings. The molecule has 0 bridgehead atoms. The van der Waals surface area contributed by atoms with Crippen molar-refractivity contribution in [3.63, 3.8) is 0 Å². The Kier molecular flexibility index (Phi) is 7.47. The molecule has 0 radical (unpaired) electrons. The average Bonchev–Trinajstić information content (AvgIpc) is 3.65. The van der Waals surface area contributed by atoms with E-state index in [0.717, 1.165) is 71.7 Å². The van der Waals surface area contributed by atoms with Gasteiger partial charge in [-0.15, -0.1) is 0 Å². The normalized spacial score (nSPS) is 11.7. The van der Waals surface area contributed by atoms with Gasteiger partial charge >= 0.3 is 0 Å². The zero-order valence-electron chi connectivity index (χ0n) is 31.8. The highest BCUT2D eigenvalue weighted by Gasteiger charge is 2.21. The van der Waals surface area contributed by atoms with E-state index in [2.05, 4.69) is 144 Å². The summed E-state index contributed by atoms with van der Waals surface area (Å²) in [5.41, 5.74) is 9.11. The third-order valence-corrected chi connectivity index (χ3v) is 11.6. The quantitative estimate of drug-likeness (QED) is 0.164. The molecule has 274 valence electrons. The molecular weight excluding hydrogens is 719 g/mol. The molecular formula is C54H33N5. The van der Waals surface area contributed by atoms with Crippen molar-refractivity contribution in [2.75, 3.05) is 0 Å². The molecule has 0 saturated heterocycles. The van der Waals surface area contributed by atoms with Crippen molar-refractivity contribution >= 4 is 65.0 Å². The van der Waals surface area contributed by atoms with Gasteiger partial charge in [-0.2, -0.15) is 0 Å². The average molecular weight is 752 g/mol. The number of rotatable bonds is 5. The molecule has 5 nitrogen and oxygen atoms in total. The maximum atomic E-state index is 5.37. The van der Waals surface area contributed by atoms with Crippen LogP contribution in [0.1, 0.15) is 0 Å². The van der Waals surface area contributed by atoms with Crippen molar-refractivity contribution < 1.29 is 0 Å². The van der Waals surface area contributed by atoms with Gasteiger partial charge in [0.1, 0.15) is 0 Å². The topological polar surface area (TPSA) is 56.5 Å². The molecule has 0 saturated carbocycles. The number of hydrogen-bond acceptors (Lipinski definition) is 4. The number of pyridine rings is 1. The minimum Gasteiger partial charge on any atom is -0.309 e. The van der Waals surface area contributed by atoms with Gasteiger partial charge in [0.2, 0.25) is 0 Å². The molecule has 0 fully saturated rings. The van der Waals surface area contributed by atoms with Crippen molar-refractivity contribution in [3.8, 4) is 51.1 Å². The molecule has 0 amide bonds. The first kappa shape index (κ1) is 33.2. The van der Waals surface area contributed by atoms with Crippen molar-refractivity contribution in [1.82, 2.24) is 24.5 Å². The Morgan fingerprint density at radius 3 is 1.58 bits per heavy atom. The second-order valence-corrected chi connectivity index (χ2v) is 15.1. The van der Waals surface area contributed by atoms with Gasteiger partial charge in [0.25, 0.3) is 0 Å². The molecule has 0 atom stereocenters. The molecule has 0 unspecified atom stereocenters. The summed E-state index contributed by atoms with van der Waals surface area (Å²) in [7, 11) is 0. The summed E-state index contributed by atoms with van der Waals surface area (Å²) < 4.78 is 2.41. The lowest BCUT2D eigenvalue weighted by Gasteiger charge is -2.13. The summed E-state index contributed by atoms with van der Waals surface area (Å²) in [6.45, 7) is 0. The van der Waals surface area contributed by atoms with Crippen LogP contribution in [0.2, 0.25) is 0 Å². The lowest BCUT2D eigenvalue weighted by Crippen LogP contribution is -2.00. The van der Waals surface area contributed by atoms with Crippen LogP contribution in [0.3, 0.4) is 0 Å². The van der Waals surface area contributed by atoms with Crippen LogP contribution in [0, 0.1) is 0 Å². The van der Waals surface area contributed by atoms with E-state index < -0.39 is 0 Å². The van der Waals surface area contributed by atoms with E-state index in [9.17, 15) is 0 Å². The summed E-state index contributed by atoms with van der Waals surface area (Å²) in [5, 5.41) is 10.5. The van der Waals surface area contributed by atoms with Crippen molar-refractivity contribution in [1.29, 1.82) is 0 Å². The first-order chi connectivity index (χ1) is 29.2. The third-order valence-electron chi connectivity index (χ3n) is 11.6. The number of benzene rings is 9. The van der Waals surface area contributed by atoms with Crippen LogP contribution >= 0.6 is 0 Å². The fourth-order valence-electron chi connectivity index (χ4n) is 8.78. The molecule has 5 heteroatoms. The highest BCUT2D eigenvalue weighted by Crippen LogP contribution is 2.44. The van der Waals surface area contributed by atoms with Crippen LogP contribution in [0.25, 0.3) is 116 Å². The first-order valence-corrected chi connectivity index (χ1v) is 19.9. The Morgan fingerprint density at radius 1 is 0.305 bits per heavy atom. The number of nitrogens with zero attached hydrogens (tertiary/aromatic N) is 5. The summed E-state index contributed by atoms with van der Waals surface area (Å²) in [5.74, 6) is 1.89. The maximum Gasteiger partial charge on any atom is 0.164 e. The predicted molar refractivity (Wildman–Crippen MR) is 244 cm³/mol. The van der Waals surface area contributed by atoms with Crippen molar-refractivity contribution in [2.45, 2.75) is 0 Å². The molecule has 0 spiro atoms. The third kappa shape index (κ3) is 5.47. The molecule has 3 heterocycles. The van der Waals surface area contributed by atoms with Gasteiger partial charge in [-0.05, 0) is 70.1 Å². The maximum absolute atomic E-state index is 5.37. The Labute approximate surface area is 339 Å². The van der Waals surface area contributed by atoms with Crippen LogP contribution < -0.4 is 0 Å². The van der Waals surface area contributed by atoms with E-state index in [1.807, 2.05) is 60.7 Å². The van der Waals surface area contributed by atoms with Crippen LogP contribution in [-0.4, -0.2) is 24.5 Å². The fourth-order valence-corrected chi connectivity index (χ4v) is 8.78. The van der Waals surface area contributed by atoms with Crippen LogP contribution in [-0.2, 0) is 0 Å². The molecule has 12 rings (SSSR count). The Balaban J connectivity index is 1.19. The number of aromatic nitrogens is 5. The summed E-state index contributed by atoms with van der Waals surface area (Å²) in [6, 6.07) is 70.5. The molecule has 3 aromatic heterocycles. The van der Waals surface area contributed by atoms with Gasteiger partial charge in [0.15, 0.2) is 17.5 Å². The zero-order chi connectivity index (χ0) is 38.9. The molecule has 0 aliphatic heterocycles. The monoisotopic (exact) mass is 751 g/mol. The van der Waals surface area contributed by atoms with Gasteiger partial charge in [0, 0.05) is 54.9 Å². The van der Waals surface area contributed by atoms with Crippen molar-refractivity contribution in [3.05, 3.63) is 200 Å². The summed E-state index contributed by atoms with van der Waals surface area (Å²) >= 11 is 0. The molecule has 9 aromatic carbocycles. The fraction of sp³-hybridized carbons (Fsp3) is 0. The minimum absolute atomic E-state index is 0.620. The van der Waals surface area contributed by atoms with Crippen molar-refractivity contribution in [2.24, 2.45) is 0 Å². The van der Waals surface area contributed by atoms with Gasteiger partial charge in [-0.25, -0.2) is 19.9 Å².